The number of hydrogen-bond acceptors (Lipinski definition) is 6. The number of carbonyl (C=O) groups is 2. The molecular weight excluding hydrogens is 600 g/mol. The highest BCUT2D eigenvalue weighted by Gasteiger charge is 2.59. The second-order valence-electron chi connectivity index (χ2n) is 16.9. The van der Waals surface area contributed by atoms with E-state index in [1.807, 2.05) is 0 Å². The molecule has 0 radical (unpaired) electrons. The summed E-state index contributed by atoms with van der Waals surface area (Å²) in [7, 11) is 0. The number of rotatable bonds is 16. The third-order valence-electron chi connectivity index (χ3n) is 13.8. The Bertz CT molecular complexity index is 1200. The predicted octanol–water partition coefficient (Wildman–Crippen LogP) is 8.49. The summed E-state index contributed by atoms with van der Waals surface area (Å²) in [4.78, 5) is 24.4. The molecule has 0 aromatic carbocycles. The Balaban J connectivity index is 1.39. The van der Waals surface area contributed by atoms with Gasteiger partial charge in [0.05, 0.1) is 37.9 Å². The van der Waals surface area contributed by atoms with E-state index in [2.05, 4.69) is 72.1 Å². The molecular formula is C42H66O6. The SMILES string of the molecule is C=C[C@H](/C=C/[C@H](C)C(C)C)[C@H]1CCC2C3CC=C4C[C@@H](CCC(COC(=O)C(=C)CO)COC(=O)C(C)CO)CC[C@]4(C)C3CC[C@@]21C. The van der Waals surface area contributed by atoms with Gasteiger partial charge in [0, 0.05) is 5.92 Å². The van der Waals surface area contributed by atoms with E-state index in [4.69, 9.17) is 9.47 Å². The van der Waals surface area contributed by atoms with Gasteiger partial charge in [-0.05, 0) is 129 Å². The highest BCUT2D eigenvalue weighted by Crippen LogP contribution is 2.67. The van der Waals surface area contributed by atoms with Crippen molar-refractivity contribution in [3.63, 3.8) is 0 Å². The molecule has 3 saturated carbocycles. The highest BCUT2D eigenvalue weighted by molar-refractivity contribution is 5.87. The zero-order chi connectivity index (χ0) is 35.2. The van der Waals surface area contributed by atoms with Gasteiger partial charge in [-0.1, -0.05) is 71.1 Å². The number of fused-ring (bicyclic) bond motifs is 5. The summed E-state index contributed by atoms with van der Waals surface area (Å²) in [6.45, 7) is 21.2. The summed E-state index contributed by atoms with van der Waals surface area (Å²) in [5.41, 5.74) is 2.33. The van der Waals surface area contributed by atoms with E-state index >= 15 is 0 Å². The van der Waals surface area contributed by atoms with Gasteiger partial charge in [-0.15, -0.1) is 6.58 Å². The number of carbonyl (C=O) groups excluding carboxylic acids is 2. The third-order valence-corrected chi connectivity index (χ3v) is 13.8. The number of ether oxygens (including phenoxy) is 2. The standard InChI is InChI=1S/C42H66O6/c1-9-33(13-10-28(4)27(2)3)36-16-17-37-35-15-14-34-22-31(18-20-41(34,7)38(35)19-21-42(36,37)8)11-12-32(25-47-39(45)29(5)23-43)26-48-40(46)30(6)24-44/h9-10,13-14,27-28,30-33,35-38,43-44H,1,5,11-12,15-26H2,2-4,6-8H3/b13-10+/t28-,30?,31-,32?,33+,35?,36+,37?,38?,41-,42+/m0/s1. The Morgan fingerprint density at radius 1 is 1.00 bits per heavy atom. The first-order valence-corrected chi connectivity index (χ1v) is 19.0. The molecule has 6 nitrogen and oxygen atoms in total. The quantitative estimate of drug-likeness (QED) is 0.0975. The number of aliphatic hydroxyl groups excluding tert-OH is 2. The van der Waals surface area contributed by atoms with Gasteiger partial charge < -0.3 is 19.7 Å². The fourth-order valence-corrected chi connectivity index (χ4v) is 10.0. The van der Waals surface area contributed by atoms with Crippen LogP contribution in [0.3, 0.4) is 0 Å². The van der Waals surface area contributed by atoms with Gasteiger partial charge in [0.15, 0.2) is 0 Å². The molecule has 48 heavy (non-hydrogen) atoms. The van der Waals surface area contributed by atoms with Crippen LogP contribution in [0.2, 0.25) is 0 Å². The van der Waals surface area contributed by atoms with Crippen molar-refractivity contribution in [3.05, 3.63) is 48.6 Å². The van der Waals surface area contributed by atoms with Crippen LogP contribution in [0.5, 0.6) is 0 Å². The predicted molar refractivity (Wildman–Crippen MR) is 193 cm³/mol. The molecule has 0 spiro atoms. The molecule has 0 aromatic rings. The van der Waals surface area contributed by atoms with Crippen molar-refractivity contribution in [2.24, 2.45) is 70.0 Å². The fourth-order valence-electron chi connectivity index (χ4n) is 10.0. The number of allylic oxidation sites excluding steroid dienone is 5. The fraction of sp³-hybridized carbons (Fsp3) is 0.762. The lowest BCUT2D eigenvalue weighted by atomic mass is 9.46. The molecule has 2 N–H and O–H groups in total. The molecule has 4 rings (SSSR count). The van der Waals surface area contributed by atoms with Gasteiger partial charge >= 0.3 is 11.9 Å². The monoisotopic (exact) mass is 666 g/mol. The summed E-state index contributed by atoms with van der Waals surface area (Å²) in [5, 5.41) is 18.6. The topological polar surface area (TPSA) is 93.1 Å². The van der Waals surface area contributed by atoms with Crippen LogP contribution in [0.1, 0.15) is 106 Å². The summed E-state index contributed by atoms with van der Waals surface area (Å²) in [6, 6.07) is 0. The van der Waals surface area contributed by atoms with Crippen molar-refractivity contribution in [2.45, 2.75) is 106 Å². The van der Waals surface area contributed by atoms with Crippen molar-refractivity contribution in [2.75, 3.05) is 26.4 Å². The zero-order valence-corrected chi connectivity index (χ0v) is 30.9. The molecule has 0 aromatic heterocycles. The van der Waals surface area contributed by atoms with Crippen LogP contribution in [-0.2, 0) is 19.1 Å². The van der Waals surface area contributed by atoms with Gasteiger partial charge in [-0.2, -0.15) is 0 Å². The van der Waals surface area contributed by atoms with E-state index in [0.29, 0.717) is 35.0 Å². The maximum atomic E-state index is 12.3. The zero-order valence-electron chi connectivity index (χ0n) is 30.9. The smallest absolute Gasteiger partial charge is 0.335 e. The van der Waals surface area contributed by atoms with E-state index in [1.165, 1.54) is 44.9 Å². The molecule has 3 fully saturated rings. The molecule has 0 bridgehead atoms. The largest absolute Gasteiger partial charge is 0.465 e. The number of esters is 2. The van der Waals surface area contributed by atoms with Gasteiger partial charge in [0.1, 0.15) is 0 Å². The van der Waals surface area contributed by atoms with Gasteiger partial charge in [0.25, 0.3) is 0 Å². The normalized spacial score (nSPS) is 33.9. The maximum absolute atomic E-state index is 12.3. The van der Waals surface area contributed by atoms with Crippen LogP contribution in [0.15, 0.2) is 48.6 Å². The summed E-state index contributed by atoms with van der Waals surface area (Å²) >= 11 is 0. The van der Waals surface area contributed by atoms with Crippen molar-refractivity contribution in [1.82, 2.24) is 0 Å². The molecule has 11 atom stereocenters. The molecule has 6 heteroatoms. The summed E-state index contributed by atoms with van der Waals surface area (Å²) in [6.07, 6.45) is 21.6. The maximum Gasteiger partial charge on any atom is 0.335 e. The highest BCUT2D eigenvalue weighted by atomic mass is 16.5. The lowest BCUT2D eigenvalue weighted by Crippen LogP contribution is -2.50. The first-order chi connectivity index (χ1) is 22.8. The molecule has 4 aliphatic rings. The summed E-state index contributed by atoms with van der Waals surface area (Å²) < 4.78 is 10.9. The number of hydrogen-bond donors (Lipinski definition) is 2. The minimum absolute atomic E-state index is 0.0125. The van der Waals surface area contributed by atoms with E-state index in [0.717, 1.165) is 37.0 Å². The average Bonchev–Trinajstić information content (AvgIpc) is 3.43. The molecule has 4 aliphatic carbocycles. The van der Waals surface area contributed by atoms with Gasteiger partial charge in [-0.3, -0.25) is 4.79 Å². The van der Waals surface area contributed by atoms with Gasteiger partial charge in [-0.25, -0.2) is 4.79 Å². The molecule has 270 valence electrons. The van der Waals surface area contributed by atoms with E-state index < -0.39 is 24.5 Å². The van der Waals surface area contributed by atoms with Crippen LogP contribution in [0, 0.1) is 70.0 Å². The van der Waals surface area contributed by atoms with Crippen LogP contribution in [0.4, 0.5) is 0 Å². The van der Waals surface area contributed by atoms with Gasteiger partial charge in [0.2, 0.25) is 0 Å². The Morgan fingerprint density at radius 3 is 2.40 bits per heavy atom. The Kier molecular flexibility index (Phi) is 13.4. The first-order valence-electron chi connectivity index (χ1n) is 19.0. The minimum atomic E-state index is -0.623. The van der Waals surface area contributed by atoms with Crippen molar-refractivity contribution in [1.29, 1.82) is 0 Å². The Hall–Kier alpha value is -2.18. The summed E-state index contributed by atoms with van der Waals surface area (Å²) in [5.74, 6) is 3.44. The lowest BCUT2D eigenvalue weighted by molar-refractivity contribution is -0.152. The Labute approximate surface area is 291 Å². The van der Waals surface area contributed by atoms with Crippen molar-refractivity contribution in [3.8, 4) is 0 Å². The average molecular weight is 667 g/mol. The van der Waals surface area contributed by atoms with Crippen LogP contribution >= 0.6 is 0 Å². The molecule has 0 amide bonds. The second-order valence-corrected chi connectivity index (χ2v) is 16.9. The minimum Gasteiger partial charge on any atom is -0.465 e. The van der Waals surface area contributed by atoms with E-state index in [1.54, 1.807) is 12.5 Å². The lowest BCUT2D eigenvalue weighted by Gasteiger charge is -2.58. The van der Waals surface area contributed by atoms with Crippen molar-refractivity contribution >= 4 is 11.9 Å². The molecule has 0 heterocycles. The number of aliphatic hydroxyl groups is 2. The van der Waals surface area contributed by atoms with E-state index in [-0.39, 0.29) is 36.7 Å². The third kappa shape index (κ3) is 8.40. The Morgan fingerprint density at radius 2 is 1.73 bits per heavy atom. The molecule has 0 saturated heterocycles. The van der Waals surface area contributed by atoms with Crippen molar-refractivity contribution < 1.29 is 29.3 Å². The first kappa shape index (κ1) is 38.6. The van der Waals surface area contributed by atoms with Crippen LogP contribution in [0.25, 0.3) is 0 Å². The van der Waals surface area contributed by atoms with E-state index in [9.17, 15) is 19.8 Å². The molecule has 5 unspecified atom stereocenters. The van der Waals surface area contributed by atoms with Crippen LogP contribution < -0.4 is 0 Å². The molecule has 0 aliphatic heterocycles. The van der Waals surface area contributed by atoms with Crippen LogP contribution in [-0.4, -0.2) is 48.6 Å². The second kappa shape index (κ2) is 16.7.